The monoisotopic (exact) mass is 409 g/mol. The molecule has 1 rings (SSSR count). The van der Waals surface area contributed by atoms with Crippen molar-refractivity contribution in [3.05, 3.63) is 35.9 Å². The van der Waals surface area contributed by atoms with E-state index in [0.29, 0.717) is 6.54 Å². The molecule has 0 bridgehead atoms. The van der Waals surface area contributed by atoms with Gasteiger partial charge in [-0.05, 0) is 11.8 Å². The topological polar surface area (TPSA) is 45.7 Å². The summed E-state index contributed by atoms with van der Waals surface area (Å²) in [5, 5.41) is 6.55. The summed E-state index contributed by atoms with van der Waals surface area (Å²) < 4.78 is 5.51. The summed E-state index contributed by atoms with van der Waals surface area (Å²) in [5.74, 6) is 1.87. The van der Waals surface area contributed by atoms with Gasteiger partial charge in [0.15, 0.2) is 5.96 Å². The van der Waals surface area contributed by atoms with E-state index in [2.05, 4.69) is 34.0 Å². The zero-order chi connectivity index (χ0) is 13.9. The smallest absolute Gasteiger partial charge is 0.191 e. The lowest BCUT2D eigenvalue weighted by atomic mass is 10.1. The Labute approximate surface area is 143 Å². The van der Waals surface area contributed by atoms with Crippen LogP contribution in [0.5, 0.6) is 0 Å². The van der Waals surface area contributed by atoms with Crippen LogP contribution in [0.4, 0.5) is 0 Å². The molecule has 0 amide bonds. The van der Waals surface area contributed by atoms with Crippen LogP contribution < -0.4 is 10.6 Å². The second-order valence-corrected chi connectivity index (χ2v) is 4.99. The average molecular weight is 409 g/mol. The normalized spacial score (nSPS) is 12.4. The summed E-state index contributed by atoms with van der Waals surface area (Å²) in [4.78, 5) is 4.19. The van der Waals surface area contributed by atoms with Crippen LogP contribution in [0.25, 0.3) is 0 Å². The van der Waals surface area contributed by atoms with Crippen LogP contribution in [0.3, 0.4) is 0 Å². The number of benzene rings is 1. The van der Waals surface area contributed by atoms with E-state index in [1.54, 1.807) is 14.2 Å². The highest BCUT2D eigenvalue weighted by Crippen LogP contribution is 2.14. The molecule has 1 unspecified atom stereocenters. The number of halogens is 1. The second kappa shape index (κ2) is 12.3. The van der Waals surface area contributed by atoms with E-state index in [4.69, 9.17) is 4.74 Å². The number of nitrogens with zero attached hydrogens (tertiary/aromatic N) is 1. The van der Waals surface area contributed by atoms with E-state index in [-0.39, 0.29) is 30.1 Å². The summed E-state index contributed by atoms with van der Waals surface area (Å²) in [6, 6.07) is 10.2. The number of methoxy groups -OCH3 is 1. The van der Waals surface area contributed by atoms with E-state index in [1.165, 1.54) is 0 Å². The third kappa shape index (κ3) is 7.35. The number of hydrogen-bond acceptors (Lipinski definition) is 3. The van der Waals surface area contributed by atoms with Gasteiger partial charge in [0.2, 0.25) is 0 Å². The second-order valence-electron chi connectivity index (χ2n) is 4.01. The quantitative estimate of drug-likeness (QED) is 0.315. The van der Waals surface area contributed by atoms with Crippen molar-refractivity contribution in [1.82, 2.24) is 10.6 Å². The van der Waals surface area contributed by atoms with Gasteiger partial charge in [-0.1, -0.05) is 30.3 Å². The van der Waals surface area contributed by atoms with Gasteiger partial charge in [-0.25, -0.2) is 0 Å². The van der Waals surface area contributed by atoms with Crippen LogP contribution in [0, 0.1) is 0 Å². The minimum atomic E-state index is 0. The van der Waals surface area contributed by atoms with E-state index < -0.39 is 0 Å². The van der Waals surface area contributed by atoms with E-state index in [9.17, 15) is 0 Å². The standard InChI is InChI=1S/C14H23N3OS.HI/c1-15-14(16-9-10-19-3)17-11-13(18-2)12-7-5-4-6-8-12;/h4-8,13H,9-11H2,1-3H3,(H2,15,16,17);1H. The molecular weight excluding hydrogens is 385 g/mol. The molecule has 0 saturated heterocycles. The van der Waals surface area contributed by atoms with Crippen LogP contribution in [0.2, 0.25) is 0 Å². The summed E-state index contributed by atoms with van der Waals surface area (Å²) >= 11 is 1.81. The maximum Gasteiger partial charge on any atom is 0.191 e. The Balaban J connectivity index is 0.00000361. The summed E-state index contributed by atoms with van der Waals surface area (Å²) in [5.41, 5.74) is 1.16. The highest BCUT2D eigenvalue weighted by Gasteiger charge is 2.10. The Morgan fingerprint density at radius 1 is 1.30 bits per heavy atom. The Hall–Kier alpha value is -0.470. The third-order valence-corrected chi connectivity index (χ3v) is 3.35. The zero-order valence-electron chi connectivity index (χ0n) is 12.3. The van der Waals surface area contributed by atoms with Gasteiger partial charge in [0.1, 0.15) is 0 Å². The van der Waals surface area contributed by atoms with Crippen molar-refractivity contribution in [2.75, 3.05) is 39.3 Å². The van der Waals surface area contributed by atoms with E-state index in [1.807, 2.05) is 30.0 Å². The summed E-state index contributed by atoms with van der Waals surface area (Å²) in [6.45, 7) is 1.60. The van der Waals surface area contributed by atoms with Gasteiger partial charge in [-0.2, -0.15) is 11.8 Å². The van der Waals surface area contributed by atoms with Crippen LogP contribution >= 0.6 is 35.7 Å². The number of thioether (sulfide) groups is 1. The molecular formula is C14H24IN3OS. The molecule has 0 aliphatic heterocycles. The number of aliphatic imine (C=N–C) groups is 1. The molecule has 2 N–H and O–H groups in total. The van der Waals surface area contributed by atoms with Gasteiger partial charge in [-0.3, -0.25) is 4.99 Å². The van der Waals surface area contributed by atoms with Gasteiger partial charge in [0.25, 0.3) is 0 Å². The third-order valence-electron chi connectivity index (χ3n) is 2.73. The molecule has 0 aromatic heterocycles. The molecule has 0 aliphatic rings. The molecule has 0 heterocycles. The van der Waals surface area contributed by atoms with Gasteiger partial charge >= 0.3 is 0 Å². The van der Waals surface area contributed by atoms with Crippen molar-refractivity contribution in [2.45, 2.75) is 6.10 Å². The van der Waals surface area contributed by atoms with Gasteiger partial charge in [0, 0.05) is 33.0 Å². The molecule has 0 spiro atoms. The predicted octanol–water partition coefficient (Wildman–Crippen LogP) is 2.52. The largest absolute Gasteiger partial charge is 0.375 e. The van der Waals surface area contributed by atoms with Crippen molar-refractivity contribution in [3.63, 3.8) is 0 Å². The number of ether oxygens (including phenoxy) is 1. The maximum absolute atomic E-state index is 5.51. The van der Waals surface area contributed by atoms with Crippen molar-refractivity contribution in [1.29, 1.82) is 0 Å². The van der Waals surface area contributed by atoms with Crippen molar-refractivity contribution in [2.24, 2.45) is 4.99 Å². The van der Waals surface area contributed by atoms with Crippen molar-refractivity contribution >= 4 is 41.7 Å². The van der Waals surface area contributed by atoms with Crippen LogP contribution in [-0.4, -0.2) is 45.2 Å². The average Bonchev–Trinajstić information content (AvgIpc) is 2.47. The minimum Gasteiger partial charge on any atom is -0.375 e. The molecule has 0 aliphatic carbocycles. The summed E-state index contributed by atoms with van der Waals surface area (Å²) in [6.07, 6.45) is 2.12. The minimum absolute atomic E-state index is 0. The van der Waals surface area contributed by atoms with Gasteiger partial charge < -0.3 is 15.4 Å². The Kier molecular flexibility index (Phi) is 12.0. The first kappa shape index (κ1) is 19.5. The molecule has 1 atom stereocenters. The van der Waals surface area contributed by atoms with Crippen LogP contribution in [-0.2, 0) is 4.74 Å². The molecule has 114 valence electrons. The van der Waals surface area contributed by atoms with Crippen molar-refractivity contribution in [3.8, 4) is 0 Å². The summed E-state index contributed by atoms with van der Waals surface area (Å²) in [7, 11) is 3.50. The fourth-order valence-corrected chi connectivity index (χ4v) is 1.99. The molecule has 1 aromatic rings. The molecule has 6 heteroatoms. The van der Waals surface area contributed by atoms with Crippen molar-refractivity contribution < 1.29 is 4.74 Å². The Morgan fingerprint density at radius 2 is 2.00 bits per heavy atom. The lowest BCUT2D eigenvalue weighted by Gasteiger charge is -2.18. The fraction of sp³-hybridized carbons (Fsp3) is 0.500. The van der Waals surface area contributed by atoms with Crippen LogP contribution in [0.1, 0.15) is 11.7 Å². The maximum atomic E-state index is 5.51. The molecule has 0 fully saturated rings. The first-order valence-corrected chi connectivity index (χ1v) is 7.72. The lowest BCUT2D eigenvalue weighted by Crippen LogP contribution is -2.40. The zero-order valence-corrected chi connectivity index (χ0v) is 15.4. The van der Waals surface area contributed by atoms with Gasteiger partial charge in [-0.15, -0.1) is 24.0 Å². The van der Waals surface area contributed by atoms with E-state index in [0.717, 1.165) is 23.8 Å². The number of nitrogens with one attached hydrogen (secondary N) is 2. The fourth-order valence-electron chi connectivity index (χ4n) is 1.69. The first-order chi connectivity index (χ1) is 9.31. The number of guanidine groups is 1. The van der Waals surface area contributed by atoms with Gasteiger partial charge in [0.05, 0.1) is 6.10 Å². The lowest BCUT2D eigenvalue weighted by molar-refractivity contribution is 0.106. The molecule has 20 heavy (non-hydrogen) atoms. The Bertz CT molecular complexity index is 376. The number of hydrogen-bond donors (Lipinski definition) is 2. The highest BCUT2D eigenvalue weighted by atomic mass is 127. The first-order valence-electron chi connectivity index (χ1n) is 6.33. The molecule has 0 saturated carbocycles. The predicted molar refractivity (Wildman–Crippen MR) is 99.4 cm³/mol. The molecule has 1 aromatic carbocycles. The molecule has 4 nitrogen and oxygen atoms in total. The Morgan fingerprint density at radius 3 is 2.55 bits per heavy atom. The molecule has 0 radical (unpaired) electrons. The SMILES string of the molecule is CN=C(NCCSC)NCC(OC)c1ccccc1.I. The van der Waals surface area contributed by atoms with Crippen LogP contribution in [0.15, 0.2) is 35.3 Å². The number of rotatable bonds is 7. The van der Waals surface area contributed by atoms with E-state index >= 15 is 0 Å². The highest BCUT2D eigenvalue weighted by molar-refractivity contribution is 14.0.